The molecule has 2 aromatic heterocycles. The Balaban J connectivity index is 1.77. The van der Waals surface area contributed by atoms with Crippen molar-refractivity contribution in [2.75, 3.05) is 0 Å². The van der Waals surface area contributed by atoms with Crippen LogP contribution < -0.4 is 5.73 Å². The first-order valence-electron chi connectivity index (χ1n) is 6.72. The van der Waals surface area contributed by atoms with E-state index in [2.05, 4.69) is 15.3 Å². The lowest BCUT2D eigenvalue weighted by molar-refractivity contribution is 0.533. The lowest BCUT2D eigenvalue weighted by Crippen LogP contribution is -2.29. The molecule has 0 aliphatic heterocycles. The third-order valence-corrected chi connectivity index (χ3v) is 3.10. The minimum absolute atomic E-state index is 0.499. The maximum Gasteiger partial charge on any atom is 0.226 e. The van der Waals surface area contributed by atoms with Crippen LogP contribution in [0.3, 0.4) is 0 Å². The minimum Gasteiger partial charge on any atom is -0.444 e. The van der Waals surface area contributed by atoms with Crippen LogP contribution in [0.15, 0.2) is 47.2 Å². The van der Waals surface area contributed by atoms with Crippen LogP contribution >= 0.6 is 0 Å². The predicted molar refractivity (Wildman–Crippen MR) is 78.3 cm³/mol. The summed E-state index contributed by atoms with van der Waals surface area (Å²) in [7, 11) is 0. The summed E-state index contributed by atoms with van der Waals surface area (Å²) in [5.41, 5.74) is 7.98. The molecular weight excluding hydrogens is 266 g/mol. The van der Waals surface area contributed by atoms with Crippen LogP contribution in [0.25, 0.3) is 11.5 Å². The van der Waals surface area contributed by atoms with Gasteiger partial charge in [0.2, 0.25) is 5.89 Å². The molecule has 0 saturated heterocycles. The van der Waals surface area contributed by atoms with E-state index in [1.807, 2.05) is 50.4 Å². The molecule has 0 saturated carbocycles. The van der Waals surface area contributed by atoms with Crippen LogP contribution in [0.1, 0.15) is 25.2 Å². The first kappa shape index (κ1) is 13.5. The lowest BCUT2D eigenvalue weighted by Gasteiger charge is -2.13. The number of rotatable bonds is 4. The van der Waals surface area contributed by atoms with Crippen molar-refractivity contribution in [2.45, 2.75) is 25.9 Å². The molecular formula is C15H17N5O. The Kier molecular flexibility index (Phi) is 3.31. The largest absolute Gasteiger partial charge is 0.444 e. The van der Waals surface area contributed by atoms with E-state index in [0.29, 0.717) is 12.4 Å². The number of benzene rings is 1. The second-order valence-electron chi connectivity index (χ2n) is 5.53. The Morgan fingerprint density at radius 3 is 2.67 bits per heavy atom. The summed E-state index contributed by atoms with van der Waals surface area (Å²) in [6.07, 6.45) is 3.47. The van der Waals surface area contributed by atoms with E-state index in [1.54, 1.807) is 10.9 Å². The first-order chi connectivity index (χ1) is 10.0. The molecule has 2 N–H and O–H groups in total. The zero-order valence-electron chi connectivity index (χ0n) is 12.0. The SMILES string of the molecule is CC(C)(N)c1cn(Cc2coc(-c3ccccc3)n2)nn1. The highest BCUT2D eigenvalue weighted by molar-refractivity contribution is 5.52. The Bertz CT molecular complexity index is 724. The predicted octanol–water partition coefficient (Wildman–Crippen LogP) is 2.18. The van der Waals surface area contributed by atoms with E-state index in [4.69, 9.17) is 10.2 Å². The van der Waals surface area contributed by atoms with Gasteiger partial charge in [-0.2, -0.15) is 0 Å². The van der Waals surface area contributed by atoms with Crippen molar-refractivity contribution in [3.63, 3.8) is 0 Å². The molecule has 6 heteroatoms. The first-order valence-corrected chi connectivity index (χ1v) is 6.72. The summed E-state index contributed by atoms with van der Waals surface area (Å²) in [4.78, 5) is 4.46. The minimum atomic E-state index is -0.503. The van der Waals surface area contributed by atoms with Gasteiger partial charge < -0.3 is 10.2 Å². The molecule has 6 nitrogen and oxygen atoms in total. The molecule has 21 heavy (non-hydrogen) atoms. The van der Waals surface area contributed by atoms with Gasteiger partial charge in [0, 0.05) is 5.56 Å². The molecule has 3 aromatic rings. The Labute approximate surface area is 122 Å². The number of hydrogen-bond donors (Lipinski definition) is 1. The average molecular weight is 283 g/mol. The Morgan fingerprint density at radius 2 is 2.00 bits per heavy atom. The Morgan fingerprint density at radius 1 is 1.24 bits per heavy atom. The van der Waals surface area contributed by atoms with Crippen molar-refractivity contribution in [2.24, 2.45) is 5.73 Å². The zero-order valence-corrected chi connectivity index (χ0v) is 12.0. The second-order valence-corrected chi connectivity index (χ2v) is 5.53. The van der Waals surface area contributed by atoms with E-state index in [0.717, 1.165) is 17.0 Å². The van der Waals surface area contributed by atoms with Crippen LogP contribution in [-0.2, 0) is 12.1 Å². The van der Waals surface area contributed by atoms with Gasteiger partial charge in [-0.1, -0.05) is 23.4 Å². The third-order valence-electron chi connectivity index (χ3n) is 3.10. The van der Waals surface area contributed by atoms with E-state index >= 15 is 0 Å². The third kappa shape index (κ3) is 3.00. The van der Waals surface area contributed by atoms with Crippen molar-refractivity contribution in [3.8, 4) is 11.5 Å². The van der Waals surface area contributed by atoms with E-state index in [1.165, 1.54) is 0 Å². The summed E-state index contributed by atoms with van der Waals surface area (Å²) in [5, 5.41) is 8.14. The van der Waals surface area contributed by atoms with Gasteiger partial charge in [-0.3, -0.25) is 0 Å². The molecule has 0 amide bonds. The standard InChI is InChI=1S/C15H17N5O/c1-15(2,16)13-9-20(19-18-13)8-12-10-21-14(17-12)11-6-4-3-5-7-11/h3-7,9-10H,8,16H2,1-2H3. The van der Waals surface area contributed by atoms with Crippen molar-refractivity contribution >= 4 is 0 Å². The highest BCUT2D eigenvalue weighted by Gasteiger charge is 2.18. The van der Waals surface area contributed by atoms with E-state index in [-0.39, 0.29) is 0 Å². The van der Waals surface area contributed by atoms with E-state index < -0.39 is 5.54 Å². The molecule has 0 atom stereocenters. The maximum absolute atomic E-state index is 5.99. The van der Waals surface area contributed by atoms with Gasteiger partial charge in [-0.25, -0.2) is 9.67 Å². The molecule has 0 radical (unpaired) electrons. The smallest absolute Gasteiger partial charge is 0.226 e. The summed E-state index contributed by atoms with van der Waals surface area (Å²) in [5.74, 6) is 0.602. The zero-order chi connectivity index (χ0) is 14.9. The van der Waals surface area contributed by atoms with Crippen molar-refractivity contribution in [1.29, 1.82) is 0 Å². The monoisotopic (exact) mass is 283 g/mol. The highest BCUT2D eigenvalue weighted by Crippen LogP contribution is 2.18. The number of aromatic nitrogens is 4. The maximum atomic E-state index is 5.99. The summed E-state index contributed by atoms with van der Waals surface area (Å²) in [6, 6.07) is 9.78. The Hall–Kier alpha value is -2.47. The number of nitrogens with two attached hydrogens (primary N) is 1. The van der Waals surface area contributed by atoms with Crippen LogP contribution in [-0.4, -0.2) is 20.0 Å². The summed E-state index contributed by atoms with van der Waals surface area (Å²) < 4.78 is 7.20. The quantitative estimate of drug-likeness (QED) is 0.793. The molecule has 2 heterocycles. The fourth-order valence-electron chi connectivity index (χ4n) is 1.93. The molecule has 0 aliphatic rings. The molecule has 0 fully saturated rings. The van der Waals surface area contributed by atoms with Crippen LogP contribution in [0.2, 0.25) is 0 Å². The van der Waals surface area contributed by atoms with Gasteiger partial charge in [-0.15, -0.1) is 5.10 Å². The second kappa shape index (κ2) is 5.14. The van der Waals surface area contributed by atoms with Crippen LogP contribution in [0.4, 0.5) is 0 Å². The number of nitrogens with zero attached hydrogens (tertiary/aromatic N) is 4. The van der Waals surface area contributed by atoms with Crippen LogP contribution in [0.5, 0.6) is 0 Å². The molecule has 0 unspecified atom stereocenters. The summed E-state index contributed by atoms with van der Waals surface area (Å²) >= 11 is 0. The topological polar surface area (TPSA) is 82.8 Å². The van der Waals surface area contributed by atoms with Crippen molar-refractivity contribution in [1.82, 2.24) is 20.0 Å². The highest BCUT2D eigenvalue weighted by atomic mass is 16.3. The van der Waals surface area contributed by atoms with Gasteiger partial charge in [0.05, 0.1) is 18.3 Å². The molecule has 0 spiro atoms. The van der Waals surface area contributed by atoms with Gasteiger partial charge in [-0.05, 0) is 26.0 Å². The average Bonchev–Trinajstić information content (AvgIpc) is 3.09. The van der Waals surface area contributed by atoms with Crippen molar-refractivity contribution < 1.29 is 4.42 Å². The summed E-state index contributed by atoms with van der Waals surface area (Å²) in [6.45, 7) is 4.29. The molecule has 108 valence electrons. The van der Waals surface area contributed by atoms with Gasteiger partial charge in [0.1, 0.15) is 17.7 Å². The normalized spacial score (nSPS) is 11.8. The molecule has 3 rings (SSSR count). The van der Waals surface area contributed by atoms with Gasteiger partial charge >= 0.3 is 0 Å². The van der Waals surface area contributed by atoms with Gasteiger partial charge in [0.15, 0.2) is 0 Å². The number of oxazole rings is 1. The van der Waals surface area contributed by atoms with E-state index in [9.17, 15) is 0 Å². The molecule has 1 aromatic carbocycles. The number of hydrogen-bond acceptors (Lipinski definition) is 5. The lowest BCUT2D eigenvalue weighted by atomic mass is 10.0. The molecule has 0 bridgehead atoms. The fourth-order valence-corrected chi connectivity index (χ4v) is 1.93. The van der Waals surface area contributed by atoms with Crippen molar-refractivity contribution in [3.05, 3.63) is 54.2 Å². The van der Waals surface area contributed by atoms with Gasteiger partial charge in [0.25, 0.3) is 0 Å². The molecule has 0 aliphatic carbocycles. The fraction of sp³-hybridized carbons (Fsp3) is 0.267. The van der Waals surface area contributed by atoms with Crippen LogP contribution in [0, 0.1) is 0 Å².